The second-order valence-corrected chi connectivity index (χ2v) is 3.47. The maximum Gasteiger partial charge on any atom is 0.291 e. The van der Waals surface area contributed by atoms with Gasteiger partial charge in [-0.2, -0.15) is 4.98 Å². The Morgan fingerprint density at radius 2 is 2.53 bits per heavy atom. The van der Waals surface area contributed by atoms with Crippen LogP contribution in [0, 0.1) is 0 Å². The van der Waals surface area contributed by atoms with E-state index in [1.807, 2.05) is 6.92 Å². The summed E-state index contributed by atoms with van der Waals surface area (Å²) < 4.78 is 5.33. The van der Waals surface area contributed by atoms with E-state index in [1.165, 1.54) is 0 Å². The van der Waals surface area contributed by atoms with Crippen molar-refractivity contribution in [3.63, 3.8) is 0 Å². The minimum Gasteiger partial charge on any atom is -0.375 e. The fraction of sp³-hybridized carbons (Fsp3) is 0.625. The fourth-order valence-electron chi connectivity index (χ4n) is 1.52. The van der Waals surface area contributed by atoms with Gasteiger partial charge in [-0.3, -0.25) is 9.89 Å². The maximum absolute atomic E-state index is 11.8. The Balaban J connectivity index is 2.07. The molecular weight excluding hydrogens is 198 g/mol. The minimum atomic E-state index is -0.186. The van der Waals surface area contributed by atoms with Gasteiger partial charge in [-0.25, -0.2) is 0 Å². The van der Waals surface area contributed by atoms with Gasteiger partial charge >= 0.3 is 0 Å². The highest BCUT2D eigenvalue weighted by Gasteiger charge is 2.24. The molecule has 1 atom stereocenters. The molecule has 15 heavy (non-hydrogen) atoms. The van der Waals surface area contributed by atoms with Crippen LogP contribution >= 0.6 is 0 Å². The van der Waals surface area contributed by atoms with Gasteiger partial charge in [-0.1, -0.05) is 0 Å². The number of nitrogens with zero attached hydrogens (tertiary/aromatic N) is 3. The highest BCUT2D eigenvalue weighted by molar-refractivity contribution is 5.90. The van der Waals surface area contributed by atoms with Gasteiger partial charge in [0.2, 0.25) is 11.8 Å². The largest absolute Gasteiger partial charge is 0.375 e. The molecule has 3 N–H and O–H groups in total. The van der Waals surface area contributed by atoms with Crippen LogP contribution in [0.4, 0.5) is 5.95 Å². The number of nitrogen functional groups attached to an aromatic ring is 1. The molecule has 7 heteroatoms. The molecule has 0 aromatic carbocycles. The van der Waals surface area contributed by atoms with Crippen molar-refractivity contribution >= 4 is 11.9 Å². The number of nitrogens with one attached hydrogen (secondary N) is 1. The third-order valence-electron chi connectivity index (χ3n) is 2.23. The number of morpholine rings is 1. The summed E-state index contributed by atoms with van der Waals surface area (Å²) in [4.78, 5) is 17.3. The van der Waals surface area contributed by atoms with E-state index in [1.54, 1.807) is 4.90 Å². The molecule has 1 aliphatic rings. The zero-order chi connectivity index (χ0) is 10.8. The summed E-state index contributed by atoms with van der Waals surface area (Å²) in [6, 6.07) is 0. The molecule has 1 unspecified atom stereocenters. The van der Waals surface area contributed by atoms with Crippen molar-refractivity contribution in [1.29, 1.82) is 0 Å². The van der Waals surface area contributed by atoms with Gasteiger partial charge in [0, 0.05) is 13.1 Å². The summed E-state index contributed by atoms with van der Waals surface area (Å²) in [6.45, 7) is 3.62. The number of aromatic amines is 1. The average Bonchev–Trinajstić information content (AvgIpc) is 2.64. The smallest absolute Gasteiger partial charge is 0.291 e. The topological polar surface area (TPSA) is 97.1 Å². The first-order chi connectivity index (χ1) is 7.16. The Bertz CT molecular complexity index is 364. The molecule has 1 aliphatic heterocycles. The molecule has 0 bridgehead atoms. The van der Waals surface area contributed by atoms with E-state index >= 15 is 0 Å². The Morgan fingerprint density at radius 1 is 1.73 bits per heavy atom. The molecular formula is C8H13N5O2. The van der Waals surface area contributed by atoms with E-state index < -0.39 is 0 Å². The van der Waals surface area contributed by atoms with Gasteiger partial charge in [0.05, 0.1) is 12.7 Å². The Kier molecular flexibility index (Phi) is 2.55. The zero-order valence-electron chi connectivity index (χ0n) is 8.43. The summed E-state index contributed by atoms with van der Waals surface area (Å²) in [6.07, 6.45) is 0.0583. The average molecular weight is 211 g/mol. The number of carbonyl (C=O) groups excluding carboxylic acids is 1. The number of H-pyrrole nitrogens is 1. The SMILES string of the molecule is CC1CN(C(=O)c2nc(N)n[nH]2)CCO1. The summed E-state index contributed by atoms with van der Waals surface area (Å²) in [7, 11) is 0. The summed E-state index contributed by atoms with van der Waals surface area (Å²) in [5.41, 5.74) is 5.32. The van der Waals surface area contributed by atoms with Crippen LogP contribution in [0.25, 0.3) is 0 Å². The van der Waals surface area contributed by atoms with Crippen molar-refractivity contribution in [3.05, 3.63) is 5.82 Å². The number of aromatic nitrogens is 3. The second kappa shape index (κ2) is 3.85. The lowest BCUT2D eigenvalue weighted by Crippen LogP contribution is -2.44. The molecule has 1 saturated heterocycles. The molecule has 2 rings (SSSR count). The first-order valence-electron chi connectivity index (χ1n) is 4.75. The summed E-state index contributed by atoms with van der Waals surface area (Å²) in [5.74, 6) is 0.0793. The molecule has 1 aromatic heterocycles. The molecule has 7 nitrogen and oxygen atoms in total. The van der Waals surface area contributed by atoms with Gasteiger partial charge in [-0.15, -0.1) is 5.10 Å². The molecule has 0 spiro atoms. The van der Waals surface area contributed by atoms with Gasteiger partial charge in [0.15, 0.2) is 0 Å². The van der Waals surface area contributed by atoms with Crippen molar-refractivity contribution in [3.8, 4) is 0 Å². The van der Waals surface area contributed by atoms with Crippen molar-refractivity contribution in [2.45, 2.75) is 13.0 Å². The normalized spacial score (nSPS) is 21.7. The lowest BCUT2D eigenvalue weighted by Gasteiger charge is -2.30. The number of hydrogen-bond acceptors (Lipinski definition) is 5. The van der Waals surface area contributed by atoms with Crippen LogP contribution in [-0.2, 0) is 4.74 Å². The van der Waals surface area contributed by atoms with Crippen LogP contribution in [-0.4, -0.2) is 51.8 Å². The summed E-state index contributed by atoms with van der Waals surface area (Å²) in [5, 5.41) is 6.11. The predicted molar refractivity (Wildman–Crippen MR) is 52.1 cm³/mol. The number of ether oxygens (including phenoxy) is 1. The van der Waals surface area contributed by atoms with Gasteiger partial charge in [-0.05, 0) is 6.92 Å². The monoisotopic (exact) mass is 211 g/mol. The number of hydrogen-bond donors (Lipinski definition) is 2. The van der Waals surface area contributed by atoms with Crippen LogP contribution in [0.3, 0.4) is 0 Å². The highest BCUT2D eigenvalue weighted by Crippen LogP contribution is 2.07. The van der Waals surface area contributed by atoms with E-state index in [2.05, 4.69) is 15.2 Å². The van der Waals surface area contributed by atoms with Crippen LogP contribution in [0.2, 0.25) is 0 Å². The third-order valence-corrected chi connectivity index (χ3v) is 2.23. The van der Waals surface area contributed by atoms with E-state index in [4.69, 9.17) is 10.5 Å². The number of anilines is 1. The van der Waals surface area contributed by atoms with Crippen LogP contribution in [0.1, 0.15) is 17.5 Å². The third kappa shape index (κ3) is 2.07. The number of nitrogens with two attached hydrogens (primary N) is 1. The molecule has 0 aliphatic carbocycles. The van der Waals surface area contributed by atoms with Crippen LogP contribution in [0.5, 0.6) is 0 Å². The van der Waals surface area contributed by atoms with E-state index in [0.29, 0.717) is 19.7 Å². The molecule has 82 valence electrons. The van der Waals surface area contributed by atoms with Crippen LogP contribution < -0.4 is 5.73 Å². The standard InChI is InChI=1S/C8H13N5O2/c1-5-4-13(2-3-15-5)7(14)6-10-8(9)12-11-6/h5H,2-4H2,1H3,(H3,9,10,11,12). The Labute approximate surface area is 86.6 Å². The van der Waals surface area contributed by atoms with Crippen molar-refractivity contribution in [2.24, 2.45) is 0 Å². The fourth-order valence-corrected chi connectivity index (χ4v) is 1.52. The van der Waals surface area contributed by atoms with Crippen LogP contribution in [0.15, 0.2) is 0 Å². The summed E-state index contributed by atoms with van der Waals surface area (Å²) >= 11 is 0. The molecule has 1 aromatic rings. The number of rotatable bonds is 1. The van der Waals surface area contributed by atoms with Gasteiger partial charge in [0.25, 0.3) is 5.91 Å². The molecule has 1 amide bonds. The minimum absolute atomic E-state index is 0.0583. The molecule has 2 heterocycles. The molecule has 1 fully saturated rings. The van der Waals surface area contributed by atoms with Crippen molar-refractivity contribution < 1.29 is 9.53 Å². The van der Waals surface area contributed by atoms with Gasteiger partial charge in [0.1, 0.15) is 0 Å². The van der Waals surface area contributed by atoms with Gasteiger partial charge < -0.3 is 15.4 Å². The lowest BCUT2D eigenvalue weighted by molar-refractivity contribution is -0.0128. The molecule has 0 radical (unpaired) electrons. The first kappa shape index (κ1) is 9.91. The maximum atomic E-state index is 11.8. The van der Waals surface area contributed by atoms with E-state index in [9.17, 15) is 4.79 Å². The second-order valence-electron chi connectivity index (χ2n) is 3.47. The van der Waals surface area contributed by atoms with Crippen molar-refractivity contribution in [1.82, 2.24) is 20.1 Å². The van der Waals surface area contributed by atoms with E-state index in [0.717, 1.165) is 0 Å². The molecule has 0 saturated carbocycles. The Morgan fingerprint density at radius 3 is 3.13 bits per heavy atom. The predicted octanol–water partition coefficient (Wildman–Crippen LogP) is -0.752. The zero-order valence-corrected chi connectivity index (χ0v) is 8.43. The quantitative estimate of drug-likeness (QED) is 0.637. The first-order valence-corrected chi connectivity index (χ1v) is 4.75. The lowest BCUT2D eigenvalue weighted by atomic mass is 10.3. The number of amides is 1. The van der Waals surface area contributed by atoms with E-state index in [-0.39, 0.29) is 23.8 Å². The Hall–Kier alpha value is -1.63. The highest BCUT2D eigenvalue weighted by atomic mass is 16.5. The van der Waals surface area contributed by atoms with Crippen molar-refractivity contribution in [2.75, 3.05) is 25.4 Å². The number of carbonyl (C=O) groups is 1.